The Bertz CT molecular complexity index is 480. The Morgan fingerprint density at radius 3 is 2.37 bits per heavy atom. The van der Waals surface area contributed by atoms with E-state index in [-0.39, 0.29) is 17.9 Å². The Morgan fingerprint density at radius 1 is 1.26 bits per heavy atom. The normalized spacial score (nSPS) is 15.6. The summed E-state index contributed by atoms with van der Waals surface area (Å²) in [6.07, 6.45) is 1.90. The molecule has 1 saturated carbocycles. The van der Waals surface area contributed by atoms with Gasteiger partial charge in [0, 0.05) is 23.2 Å². The van der Waals surface area contributed by atoms with Gasteiger partial charge in [0.2, 0.25) is 0 Å². The number of hydrogen-bond acceptors (Lipinski definition) is 3. The molecule has 0 bridgehead atoms. The number of nitrogens with two attached hydrogens (primary N) is 1. The molecule has 0 heterocycles. The summed E-state index contributed by atoms with van der Waals surface area (Å²) in [6.45, 7) is 0.596. The van der Waals surface area contributed by atoms with E-state index in [1.54, 1.807) is 24.3 Å². The third-order valence-electron chi connectivity index (χ3n) is 3.33. The van der Waals surface area contributed by atoms with Crippen molar-refractivity contribution in [1.29, 1.82) is 0 Å². The summed E-state index contributed by atoms with van der Waals surface area (Å²) in [5.41, 5.74) is 5.92. The number of rotatable bonds is 5. The lowest BCUT2D eigenvalue weighted by atomic mass is 10.1. The molecule has 5 N–H and O–H groups in total. The molecule has 102 valence electrons. The van der Waals surface area contributed by atoms with Crippen LogP contribution >= 0.6 is 0 Å². The number of hydrogen-bond donors (Lipinski definition) is 4. The number of primary amides is 1. The van der Waals surface area contributed by atoms with Crippen LogP contribution in [0.15, 0.2) is 24.3 Å². The second-order valence-electron chi connectivity index (χ2n) is 4.91. The highest BCUT2D eigenvalue weighted by Crippen LogP contribution is 2.44. The monoisotopic (exact) mass is 263 g/mol. The molecule has 0 radical (unpaired) electrons. The number of amides is 3. The van der Waals surface area contributed by atoms with Crippen LogP contribution < -0.4 is 16.4 Å². The average molecular weight is 263 g/mol. The SMILES string of the molecule is NC(=O)Nc1ccc(C(=O)NCC2(CO)CC2)cc1. The van der Waals surface area contributed by atoms with Crippen molar-refractivity contribution in [2.24, 2.45) is 11.1 Å². The topological polar surface area (TPSA) is 104 Å². The summed E-state index contributed by atoms with van der Waals surface area (Å²) in [6, 6.07) is 5.80. The van der Waals surface area contributed by atoms with Crippen LogP contribution in [0.2, 0.25) is 0 Å². The second-order valence-corrected chi connectivity index (χ2v) is 4.91. The van der Waals surface area contributed by atoms with E-state index in [1.165, 1.54) is 0 Å². The molecule has 6 nitrogen and oxygen atoms in total. The van der Waals surface area contributed by atoms with Crippen LogP contribution in [0.25, 0.3) is 0 Å². The maximum atomic E-state index is 11.9. The van der Waals surface area contributed by atoms with E-state index in [2.05, 4.69) is 10.6 Å². The molecule has 1 aliphatic carbocycles. The van der Waals surface area contributed by atoms with Crippen molar-refractivity contribution in [3.05, 3.63) is 29.8 Å². The highest BCUT2D eigenvalue weighted by Gasteiger charge is 2.42. The second kappa shape index (κ2) is 5.27. The molecule has 0 aromatic heterocycles. The smallest absolute Gasteiger partial charge is 0.316 e. The zero-order valence-corrected chi connectivity index (χ0v) is 10.5. The molecule has 0 atom stereocenters. The highest BCUT2D eigenvalue weighted by atomic mass is 16.3. The molecule has 1 fully saturated rings. The Labute approximate surface area is 111 Å². The number of carbonyl (C=O) groups is 2. The number of aliphatic hydroxyl groups is 1. The summed E-state index contributed by atoms with van der Waals surface area (Å²) < 4.78 is 0. The molecule has 19 heavy (non-hydrogen) atoms. The standard InChI is InChI=1S/C13H17N3O3/c14-12(19)16-10-3-1-9(2-4-10)11(18)15-7-13(8-17)5-6-13/h1-4,17H,5-8H2,(H,15,18)(H3,14,16,19). The summed E-state index contributed by atoms with van der Waals surface area (Å²) in [5, 5.41) is 14.4. The molecular weight excluding hydrogens is 246 g/mol. The van der Waals surface area contributed by atoms with Gasteiger partial charge in [0.05, 0.1) is 6.61 Å². The van der Waals surface area contributed by atoms with Crippen LogP contribution in [0.1, 0.15) is 23.2 Å². The van der Waals surface area contributed by atoms with Crippen LogP contribution in [-0.2, 0) is 0 Å². The zero-order chi connectivity index (χ0) is 13.9. The third-order valence-corrected chi connectivity index (χ3v) is 3.33. The van der Waals surface area contributed by atoms with Gasteiger partial charge in [-0.05, 0) is 37.1 Å². The van der Waals surface area contributed by atoms with Gasteiger partial charge in [-0.25, -0.2) is 4.79 Å². The minimum absolute atomic E-state index is 0.106. The third kappa shape index (κ3) is 3.45. The molecule has 1 aromatic carbocycles. The van der Waals surface area contributed by atoms with E-state index >= 15 is 0 Å². The summed E-state index contributed by atoms with van der Waals surface area (Å²) in [4.78, 5) is 22.5. The van der Waals surface area contributed by atoms with Crippen LogP contribution in [-0.4, -0.2) is 30.2 Å². The van der Waals surface area contributed by atoms with Gasteiger partial charge in [-0.3, -0.25) is 4.79 Å². The van der Waals surface area contributed by atoms with Gasteiger partial charge in [0.15, 0.2) is 0 Å². The fourth-order valence-corrected chi connectivity index (χ4v) is 1.78. The number of carbonyl (C=O) groups excluding carboxylic acids is 2. The van der Waals surface area contributed by atoms with Gasteiger partial charge in [-0.2, -0.15) is 0 Å². The average Bonchev–Trinajstić information content (AvgIpc) is 3.17. The molecule has 0 unspecified atom stereocenters. The van der Waals surface area contributed by atoms with Crippen LogP contribution in [0, 0.1) is 5.41 Å². The number of benzene rings is 1. The first-order valence-corrected chi connectivity index (χ1v) is 6.10. The first-order chi connectivity index (χ1) is 9.04. The molecule has 2 rings (SSSR count). The minimum atomic E-state index is -0.643. The van der Waals surface area contributed by atoms with E-state index in [9.17, 15) is 9.59 Å². The molecule has 0 spiro atoms. The van der Waals surface area contributed by atoms with Crippen molar-refractivity contribution in [3.8, 4) is 0 Å². The van der Waals surface area contributed by atoms with Gasteiger partial charge in [-0.1, -0.05) is 0 Å². The van der Waals surface area contributed by atoms with Gasteiger partial charge >= 0.3 is 6.03 Å². The van der Waals surface area contributed by atoms with E-state index in [0.717, 1.165) is 12.8 Å². The highest BCUT2D eigenvalue weighted by molar-refractivity contribution is 5.95. The van der Waals surface area contributed by atoms with Crippen LogP contribution in [0.4, 0.5) is 10.5 Å². The zero-order valence-electron chi connectivity index (χ0n) is 10.5. The van der Waals surface area contributed by atoms with E-state index in [1.807, 2.05) is 0 Å². The maximum Gasteiger partial charge on any atom is 0.316 e. The lowest BCUT2D eigenvalue weighted by Crippen LogP contribution is -2.31. The quantitative estimate of drug-likeness (QED) is 0.627. The number of nitrogens with one attached hydrogen (secondary N) is 2. The van der Waals surface area contributed by atoms with Crippen molar-refractivity contribution in [3.63, 3.8) is 0 Å². The maximum absolute atomic E-state index is 11.9. The van der Waals surface area contributed by atoms with Crippen molar-refractivity contribution in [1.82, 2.24) is 5.32 Å². The van der Waals surface area contributed by atoms with Crippen molar-refractivity contribution < 1.29 is 14.7 Å². The number of urea groups is 1. The van der Waals surface area contributed by atoms with E-state index in [4.69, 9.17) is 10.8 Å². The summed E-state index contributed by atoms with van der Waals surface area (Å²) in [5.74, 6) is -0.189. The lowest BCUT2D eigenvalue weighted by molar-refractivity contribution is 0.0935. The fraction of sp³-hybridized carbons (Fsp3) is 0.385. The Balaban J connectivity index is 1.90. The van der Waals surface area contributed by atoms with Crippen molar-refractivity contribution >= 4 is 17.6 Å². The molecule has 3 amide bonds. The lowest BCUT2D eigenvalue weighted by Gasteiger charge is -2.12. The number of anilines is 1. The van der Waals surface area contributed by atoms with Gasteiger partial charge < -0.3 is 21.5 Å². The van der Waals surface area contributed by atoms with Crippen LogP contribution in [0.5, 0.6) is 0 Å². The van der Waals surface area contributed by atoms with Crippen molar-refractivity contribution in [2.45, 2.75) is 12.8 Å². The molecule has 1 aliphatic rings. The number of aliphatic hydroxyl groups excluding tert-OH is 1. The predicted octanol–water partition coefficient (Wildman–Crippen LogP) is 0.679. The first-order valence-electron chi connectivity index (χ1n) is 6.10. The molecular formula is C13H17N3O3. The summed E-state index contributed by atoms with van der Waals surface area (Å²) in [7, 11) is 0. The Kier molecular flexibility index (Phi) is 3.71. The largest absolute Gasteiger partial charge is 0.396 e. The van der Waals surface area contributed by atoms with E-state index < -0.39 is 6.03 Å². The predicted molar refractivity (Wildman–Crippen MR) is 70.7 cm³/mol. The fourth-order valence-electron chi connectivity index (χ4n) is 1.78. The van der Waals surface area contributed by atoms with Gasteiger partial charge in [-0.15, -0.1) is 0 Å². The minimum Gasteiger partial charge on any atom is -0.396 e. The van der Waals surface area contributed by atoms with Gasteiger partial charge in [0.25, 0.3) is 5.91 Å². The van der Waals surface area contributed by atoms with Crippen molar-refractivity contribution in [2.75, 3.05) is 18.5 Å². The first kappa shape index (κ1) is 13.4. The van der Waals surface area contributed by atoms with Gasteiger partial charge in [0.1, 0.15) is 0 Å². The summed E-state index contributed by atoms with van der Waals surface area (Å²) >= 11 is 0. The molecule has 1 aromatic rings. The molecule has 0 saturated heterocycles. The molecule has 6 heteroatoms. The van der Waals surface area contributed by atoms with E-state index in [0.29, 0.717) is 17.8 Å². The Morgan fingerprint density at radius 2 is 1.89 bits per heavy atom. The van der Waals surface area contributed by atoms with Crippen LogP contribution in [0.3, 0.4) is 0 Å². The Hall–Kier alpha value is -2.08. The molecule has 0 aliphatic heterocycles.